The largest absolute Gasteiger partial charge is 0.471 e. The Morgan fingerprint density at radius 1 is 1.11 bits per heavy atom. The Hall–Kier alpha value is -2.69. The van der Waals surface area contributed by atoms with E-state index in [2.05, 4.69) is 4.99 Å². The van der Waals surface area contributed by atoms with Gasteiger partial charge in [0, 0.05) is 22.9 Å². The molecule has 1 heterocycles. The first-order valence-corrected chi connectivity index (χ1v) is 5.77. The van der Waals surface area contributed by atoms with Crippen LogP contribution < -0.4 is 10.6 Å². The molecule has 0 saturated heterocycles. The molecule has 0 saturated carbocycles. The van der Waals surface area contributed by atoms with Crippen molar-refractivity contribution >= 4 is 11.9 Å². The number of benzene rings is 2. The molecule has 1 unspecified atom stereocenters. The smallest absolute Gasteiger partial charge is 0.269 e. The van der Waals surface area contributed by atoms with Crippen LogP contribution in [0.4, 0.5) is 5.69 Å². The van der Waals surface area contributed by atoms with Crippen molar-refractivity contribution in [3.8, 4) is 0 Å². The molecule has 0 radical (unpaired) electrons. The molecule has 0 aliphatic carbocycles. The van der Waals surface area contributed by atoms with Gasteiger partial charge in [-0.05, 0) is 24.3 Å². The van der Waals surface area contributed by atoms with Crippen LogP contribution in [0.2, 0.25) is 0 Å². The van der Waals surface area contributed by atoms with Crippen molar-refractivity contribution in [2.45, 2.75) is 6.23 Å². The van der Waals surface area contributed by atoms with Gasteiger partial charge in [0.25, 0.3) is 5.69 Å². The molecule has 0 aromatic heterocycles. The minimum absolute atomic E-state index is 0.0592. The molecule has 0 spiro atoms. The van der Waals surface area contributed by atoms with Gasteiger partial charge < -0.3 is 4.74 Å². The van der Waals surface area contributed by atoms with Crippen LogP contribution >= 0.6 is 0 Å². The van der Waals surface area contributed by atoms with Crippen molar-refractivity contribution in [2.24, 2.45) is 4.99 Å². The third kappa shape index (κ3) is 2.18. The minimum Gasteiger partial charge on any atom is -0.471 e. The number of para-hydroxylation sites is 1. The summed E-state index contributed by atoms with van der Waals surface area (Å²) in [5.41, 5.74) is 0.847. The molecule has 5 nitrogen and oxygen atoms in total. The van der Waals surface area contributed by atoms with Crippen molar-refractivity contribution in [1.29, 1.82) is 0 Å². The predicted molar refractivity (Wildman–Crippen MR) is 68.6 cm³/mol. The quantitative estimate of drug-likeness (QED) is 0.605. The molecule has 2 aromatic carbocycles. The van der Waals surface area contributed by atoms with Gasteiger partial charge in [-0.3, -0.25) is 10.1 Å². The second kappa shape index (κ2) is 4.53. The highest BCUT2D eigenvalue weighted by atomic mass is 16.6. The van der Waals surface area contributed by atoms with Crippen LogP contribution in [0, 0.1) is 10.1 Å². The molecule has 19 heavy (non-hydrogen) atoms. The number of nitrogens with zero attached hydrogens (tertiary/aromatic N) is 2. The summed E-state index contributed by atoms with van der Waals surface area (Å²) in [6, 6.07) is 13.9. The summed E-state index contributed by atoms with van der Waals surface area (Å²) in [7, 11) is 0. The fourth-order valence-corrected chi connectivity index (χ4v) is 1.91. The fraction of sp³-hybridized carbons (Fsp3) is 0.0714. The topological polar surface area (TPSA) is 64.7 Å². The number of rotatable bonds is 2. The first kappa shape index (κ1) is 11.4. The second-order valence-corrected chi connectivity index (χ2v) is 4.14. The van der Waals surface area contributed by atoms with Crippen molar-refractivity contribution in [1.82, 2.24) is 0 Å². The van der Waals surface area contributed by atoms with Crippen molar-refractivity contribution < 1.29 is 9.66 Å². The average Bonchev–Trinajstić information content (AvgIpc) is 2.47. The lowest BCUT2D eigenvalue weighted by Crippen LogP contribution is -2.29. The van der Waals surface area contributed by atoms with E-state index < -0.39 is 11.2 Å². The van der Waals surface area contributed by atoms with Gasteiger partial charge in [-0.25, -0.2) is 4.99 Å². The van der Waals surface area contributed by atoms with Crippen LogP contribution in [0.25, 0.3) is 6.26 Å². The molecule has 0 amide bonds. The summed E-state index contributed by atoms with van der Waals surface area (Å²) in [6.07, 6.45) is 1.21. The third-order valence-corrected chi connectivity index (χ3v) is 2.91. The molecule has 94 valence electrons. The van der Waals surface area contributed by atoms with Gasteiger partial charge in [-0.1, -0.05) is 12.1 Å². The maximum atomic E-state index is 10.6. The third-order valence-electron chi connectivity index (χ3n) is 2.91. The molecular formula is C14H10N2O3. The molecule has 2 aromatic rings. The van der Waals surface area contributed by atoms with Gasteiger partial charge in [0.2, 0.25) is 6.23 Å². The van der Waals surface area contributed by atoms with Crippen LogP contribution in [0.15, 0.2) is 53.5 Å². The minimum atomic E-state index is -0.448. The maximum absolute atomic E-state index is 10.6. The van der Waals surface area contributed by atoms with Crippen molar-refractivity contribution in [3.05, 3.63) is 74.8 Å². The molecule has 3 rings (SSSR count). The predicted octanol–water partition coefficient (Wildman–Crippen LogP) is 1.68. The van der Waals surface area contributed by atoms with Crippen molar-refractivity contribution in [2.75, 3.05) is 0 Å². The van der Waals surface area contributed by atoms with E-state index in [1.807, 2.05) is 24.3 Å². The number of hydrogen-bond acceptors (Lipinski definition) is 4. The lowest BCUT2D eigenvalue weighted by Gasteiger charge is -2.15. The summed E-state index contributed by atoms with van der Waals surface area (Å²) in [6.45, 7) is 0. The summed E-state index contributed by atoms with van der Waals surface area (Å²) < 4.78 is 5.53. The summed E-state index contributed by atoms with van der Waals surface area (Å²) in [5, 5.41) is 12.4. The lowest BCUT2D eigenvalue weighted by molar-refractivity contribution is -0.384. The Labute approximate surface area is 108 Å². The van der Waals surface area contributed by atoms with Gasteiger partial charge in [-0.2, -0.15) is 0 Å². The zero-order valence-electron chi connectivity index (χ0n) is 9.89. The summed E-state index contributed by atoms with van der Waals surface area (Å²) >= 11 is 0. The monoisotopic (exact) mass is 254 g/mol. The highest BCUT2D eigenvalue weighted by molar-refractivity contribution is 5.34. The van der Waals surface area contributed by atoms with E-state index in [0.717, 1.165) is 16.1 Å². The normalized spacial score (nSPS) is 16.5. The molecule has 0 N–H and O–H groups in total. The van der Waals surface area contributed by atoms with Crippen LogP contribution in [0.5, 0.6) is 0 Å². The van der Waals surface area contributed by atoms with Crippen LogP contribution in [-0.4, -0.2) is 4.92 Å². The molecule has 1 aliphatic heterocycles. The number of ether oxygens (including phenoxy) is 1. The highest BCUT2D eigenvalue weighted by Gasteiger charge is 2.14. The number of nitro groups is 1. The molecule has 1 atom stereocenters. The molecule has 1 aliphatic rings. The van der Waals surface area contributed by atoms with Gasteiger partial charge in [0.15, 0.2) is 0 Å². The molecule has 0 fully saturated rings. The highest BCUT2D eigenvalue weighted by Crippen LogP contribution is 2.22. The van der Waals surface area contributed by atoms with Crippen molar-refractivity contribution in [3.63, 3.8) is 0 Å². The summed E-state index contributed by atoms with van der Waals surface area (Å²) in [5.74, 6) is 0. The van der Waals surface area contributed by atoms with E-state index in [4.69, 9.17) is 4.74 Å². The Morgan fingerprint density at radius 3 is 2.58 bits per heavy atom. The number of fused-ring (bicyclic) bond motifs is 1. The van der Waals surface area contributed by atoms with E-state index in [9.17, 15) is 10.1 Å². The number of hydrogen-bond donors (Lipinski definition) is 0. The van der Waals surface area contributed by atoms with Gasteiger partial charge in [0.1, 0.15) is 0 Å². The van der Waals surface area contributed by atoms with Crippen LogP contribution in [-0.2, 0) is 4.74 Å². The Morgan fingerprint density at radius 2 is 1.84 bits per heavy atom. The SMILES string of the molecule is O=[N+]([O-])c1ccc(C2N=c3ccccc3=CO2)cc1. The Balaban J connectivity index is 1.96. The second-order valence-electron chi connectivity index (χ2n) is 4.14. The molecule has 0 bridgehead atoms. The standard InChI is InChI=1S/C14H10N2O3/c17-16(18)12-7-5-10(6-8-12)14-15-13-4-2-1-3-11(13)9-19-14/h1-9,14H. The average molecular weight is 254 g/mol. The number of non-ortho nitro benzene ring substituents is 1. The zero-order chi connectivity index (χ0) is 13.2. The van der Waals surface area contributed by atoms with E-state index in [-0.39, 0.29) is 5.69 Å². The zero-order valence-corrected chi connectivity index (χ0v) is 9.89. The van der Waals surface area contributed by atoms with Crippen LogP contribution in [0.3, 0.4) is 0 Å². The maximum Gasteiger partial charge on any atom is 0.269 e. The van der Waals surface area contributed by atoms with Gasteiger partial charge in [0.05, 0.1) is 16.5 Å². The van der Waals surface area contributed by atoms with Gasteiger partial charge >= 0.3 is 0 Å². The first-order chi connectivity index (χ1) is 9.24. The number of nitro benzene ring substituents is 1. The lowest BCUT2D eigenvalue weighted by atomic mass is 10.1. The van der Waals surface area contributed by atoms with E-state index >= 15 is 0 Å². The van der Waals surface area contributed by atoms with E-state index in [1.165, 1.54) is 12.1 Å². The van der Waals surface area contributed by atoms with Gasteiger partial charge in [-0.15, -0.1) is 0 Å². The Bertz CT molecular complexity index is 738. The molecule has 5 heteroatoms. The molecular weight excluding hydrogens is 244 g/mol. The van der Waals surface area contributed by atoms with E-state index in [0.29, 0.717) is 0 Å². The summed E-state index contributed by atoms with van der Waals surface area (Å²) in [4.78, 5) is 14.6. The Kier molecular flexibility index (Phi) is 2.72. The first-order valence-electron chi connectivity index (χ1n) is 5.77. The van der Waals surface area contributed by atoms with E-state index in [1.54, 1.807) is 18.4 Å². The fourth-order valence-electron chi connectivity index (χ4n) is 1.91. The van der Waals surface area contributed by atoms with Crippen LogP contribution in [0.1, 0.15) is 11.8 Å².